The van der Waals surface area contributed by atoms with Gasteiger partial charge in [-0.2, -0.15) is 5.26 Å². The number of nitrogens with zero attached hydrogens (tertiary/aromatic N) is 1. The van der Waals surface area contributed by atoms with Crippen LogP contribution < -0.4 is 0 Å². The smallest absolute Gasteiger partial charge is 0.310 e. The highest BCUT2D eigenvalue weighted by molar-refractivity contribution is 6.31. The van der Waals surface area contributed by atoms with Gasteiger partial charge in [0.25, 0.3) is 0 Å². The summed E-state index contributed by atoms with van der Waals surface area (Å²) in [5.74, 6) is -0.336. The third kappa shape index (κ3) is 2.98. The Kier molecular flexibility index (Phi) is 4.33. The molecule has 16 heavy (non-hydrogen) atoms. The second-order valence-corrected chi connectivity index (χ2v) is 3.76. The molecule has 1 aromatic rings. The van der Waals surface area contributed by atoms with Crippen LogP contribution in [0.1, 0.15) is 23.6 Å². The lowest BCUT2D eigenvalue weighted by Gasteiger charge is -2.06. The number of hydrogen-bond donors (Lipinski definition) is 0. The summed E-state index contributed by atoms with van der Waals surface area (Å²) in [6, 6.07) is 5.38. The van der Waals surface area contributed by atoms with Crippen molar-refractivity contribution in [2.45, 2.75) is 20.3 Å². The molecule has 0 unspecified atom stereocenters. The topological polar surface area (TPSA) is 50.1 Å². The van der Waals surface area contributed by atoms with E-state index in [-0.39, 0.29) is 12.4 Å². The molecule has 0 atom stereocenters. The molecule has 0 N–H and O–H groups in total. The van der Waals surface area contributed by atoms with Gasteiger partial charge in [0.05, 0.1) is 24.7 Å². The van der Waals surface area contributed by atoms with Crippen molar-refractivity contribution in [2.24, 2.45) is 0 Å². The number of carbonyl (C=O) groups is 1. The quantitative estimate of drug-likeness (QED) is 0.760. The van der Waals surface area contributed by atoms with Crippen molar-refractivity contribution in [3.8, 4) is 6.07 Å². The molecule has 0 bridgehead atoms. The first-order valence-corrected chi connectivity index (χ1v) is 5.31. The fourth-order valence-electron chi connectivity index (χ4n) is 1.34. The number of rotatable bonds is 3. The van der Waals surface area contributed by atoms with Gasteiger partial charge >= 0.3 is 5.97 Å². The van der Waals surface area contributed by atoms with Gasteiger partial charge < -0.3 is 4.74 Å². The number of carbonyl (C=O) groups excluding carboxylic acids is 1. The highest BCUT2D eigenvalue weighted by atomic mass is 35.5. The van der Waals surface area contributed by atoms with E-state index >= 15 is 0 Å². The summed E-state index contributed by atoms with van der Waals surface area (Å²) in [7, 11) is 0. The van der Waals surface area contributed by atoms with Crippen LogP contribution in [0.5, 0.6) is 0 Å². The Morgan fingerprint density at radius 3 is 2.81 bits per heavy atom. The Labute approximate surface area is 99.6 Å². The molecule has 4 heteroatoms. The predicted octanol–water partition coefficient (Wildman–Crippen LogP) is 2.63. The maximum atomic E-state index is 11.3. The molecule has 0 aromatic heterocycles. The van der Waals surface area contributed by atoms with Crippen LogP contribution in [0.2, 0.25) is 5.02 Å². The van der Waals surface area contributed by atoms with Crippen LogP contribution in [-0.2, 0) is 16.0 Å². The van der Waals surface area contributed by atoms with Crippen LogP contribution in [-0.4, -0.2) is 12.6 Å². The van der Waals surface area contributed by atoms with Crippen molar-refractivity contribution < 1.29 is 9.53 Å². The number of nitriles is 1. The highest BCUT2D eigenvalue weighted by Gasteiger charge is 2.10. The van der Waals surface area contributed by atoms with Crippen LogP contribution in [0.25, 0.3) is 0 Å². The van der Waals surface area contributed by atoms with E-state index < -0.39 is 0 Å². The number of esters is 1. The van der Waals surface area contributed by atoms with E-state index in [0.29, 0.717) is 22.8 Å². The molecule has 0 aliphatic heterocycles. The zero-order valence-electron chi connectivity index (χ0n) is 9.21. The van der Waals surface area contributed by atoms with E-state index in [4.69, 9.17) is 21.6 Å². The molecule has 0 saturated carbocycles. The lowest BCUT2D eigenvalue weighted by Crippen LogP contribution is -2.08. The lowest BCUT2D eigenvalue weighted by molar-refractivity contribution is -0.142. The Balaban J connectivity index is 2.97. The number of aryl methyl sites for hydroxylation is 1. The Morgan fingerprint density at radius 2 is 2.25 bits per heavy atom. The molecule has 0 fully saturated rings. The normalized spacial score (nSPS) is 9.62. The molecule has 84 valence electrons. The van der Waals surface area contributed by atoms with Gasteiger partial charge in [0.1, 0.15) is 0 Å². The second kappa shape index (κ2) is 5.53. The summed E-state index contributed by atoms with van der Waals surface area (Å²) in [6.07, 6.45) is 0.0988. The molecule has 0 amide bonds. The molecule has 1 aromatic carbocycles. The number of halogens is 1. The van der Waals surface area contributed by atoms with Crippen LogP contribution in [0.15, 0.2) is 12.1 Å². The van der Waals surface area contributed by atoms with Crippen LogP contribution >= 0.6 is 11.6 Å². The maximum Gasteiger partial charge on any atom is 0.310 e. The van der Waals surface area contributed by atoms with Gasteiger partial charge in [0.15, 0.2) is 0 Å². The molecule has 1 rings (SSSR count). The van der Waals surface area contributed by atoms with Crippen molar-refractivity contribution >= 4 is 17.6 Å². The van der Waals surface area contributed by atoms with Crippen LogP contribution in [0.4, 0.5) is 0 Å². The van der Waals surface area contributed by atoms with Gasteiger partial charge in [-0.25, -0.2) is 0 Å². The SMILES string of the molecule is CCOC(=O)Cc1cc(C#N)c(C)cc1Cl. The van der Waals surface area contributed by atoms with Crippen molar-refractivity contribution in [3.63, 3.8) is 0 Å². The first-order chi connectivity index (χ1) is 7.58. The third-order valence-corrected chi connectivity index (χ3v) is 2.51. The van der Waals surface area contributed by atoms with E-state index in [1.165, 1.54) is 0 Å². The molecule has 0 radical (unpaired) electrons. The van der Waals surface area contributed by atoms with Gasteiger partial charge in [0, 0.05) is 5.02 Å². The van der Waals surface area contributed by atoms with Gasteiger partial charge in [-0.05, 0) is 37.1 Å². The Morgan fingerprint density at radius 1 is 1.56 bits per heavy atom. The highest BCUT2D eigenvalue weighted by Crippen LogP contribution is 2.21. The van der Waals surface area contributed by atoms with Gasteiger partial charge in [-0.3, -0.25) is 4.79 Å². The lowest BCUT2D eigenvalue weighted by atomic mass is 10.0. The average Bonchev–Trinajstić information content (AvgIpc) is 2.22. The molecule has 0 heterocycles. The summed E-state index contributed by atoms with van der Waals surface area (Å²) in [4.78, 5) is 11.3. The minimum Gasteiger partial charge on any atom is -0.466 e. The van der Waals surface area contributed by atoms with Gasteiger partial charge in [0.2, 0.25) is 0 Å². The van der Waals surface area contributed by atoms with E-state index in [9.17, 15) is 4.79 Å². The molecule has 0 aliphatic rings. The van der Waals surface area contributed by atoms with Gasteiger partial charge in [-0.15, -0.1) is 0 Å². The Hall–Kier alpha value is -1.53. The fourth-order valence-corrected chi connectivity index (χ4v) is 1.63. The largest absolute Gasteiger partial charge is 0.466 e. The first-order valence-electron chi connectivity index (χ1n) is 4.93. The van der Waals surface area contributed by atoms with E-state index in [1.807, 2.05) is 0 Å². The molecular formula is C12H12ClNO2. The minimum atomic E-state index is -0.336. The van der Waals surface area contributed by atoms with Crippen molar-refractivity contribution in [1.29, 1.82) is 5.26 Å². The molecule has 0 aliphatic carbocycles. The molecule has 0 spiro atoms. The minimum absolute atomic E-state index is 0.0988. The average molecular weight is 238 g/mol. The number of benzene rings is 1. The van der Waals surface area contributed by atoms with Crippen molar-refractivity contribution in [1.82, 2.24) is 0 Å². The molecule has 0 saturated heterocycles. The van der Waals surface area contributed by atoms with E-state index in [1.54, 1.807) is 26.0 Å². The van der Waals surface area contributed by atoms with Crippen molar-refractivity contribution in [3.05, 3.63) is 33.8 Å². The first kappa shape index (κ1) is 12.5. The molecular weight excluding hydrogens is 226 g/mol. The summed E-state index contributed by atoms with van der Waals surface area (Å²) in [5.41, 5.74) is 1.96. The zero-order chi connectivity index (χ0) is 12.1. The number of hydrogen-bond acceptors (Lipinski definition) is 3. The summed E-state index contributed by atoms with van der Waals surface area (Å²) in [6.45, 7) is 3.89. The summed E-state index contributed by atoms with van der Waals surface area (Å²) in [5, 5.41) is 9.35. The fraction of sp³-hybridized carbons (Fsp3) is 0.333. The number of ether oxygens (including phenoxy) is 1. The zero-order valence-corrected chi connectivity index (χ0v) is 9.97. The molecule has 3 nitrogen and oxygen atoms in total. The van der Waals surface area contributed by atoms with Crippen LogP contribution in [0, 0.1) is 18.3 Å². The summed E-state index contributed by atoms with van der Waals surface area (Å²) < 4.78 is 4.82. The van der Waals surface area contributed by atoms with Gasteiger partial charge in [-0.1, -0.05) is 11.6 Å². The Bertz CT molecular complexity index is 449. The monoisotopic (exact) mass is 237 g/mol. The second-order valence-electron chi connectivity index (χ2n) is 3.35. The predicted molar refractivity (Wildman–Crippen MR) is 61.2 cm³/mol. The van der Waals surface area contributed by atoms with Crippen molar-refractivity contribution in [2.75, 3.05) is 6.61 Å². The van der Waals surface area contributed by atoms with Crippen LogP contribution in [0.3, 0.4) is 0 Å². The standard InChI is InChI=1S/C12H12ClNO2/c1-3-16-12(15)6-9-5-10(7-14)8(2)4-11(9)13/h4-5H,3,6H2,1-2H3. The van der Waals surface area contributed by atoms with E-state index in [2.05, 4.69) is 6.07 Å². The van der Waals surface area contributed by atoms with E-state index in [0.717, 1.165) is 5.56 Å². The summed E-state index contributed by atoms with van der Waals surface area (Å²) >= 11 is 5.99. The maximum absolute atomic E-state index is 11.3. The third-order valence-electron chi connectivity index (χ3n) is 2.15.